The summed E-state index contributed by atoms with van der Waals surface area (Å²) in [5.74, 6) is 0.216. The van der Waals surface area contributed by atoms with E-state index in [-0.39, 0.29) is 5.75 Å². The molecule has 0 aromatic carbocycles. The van der Waals surface area contributed by atoms with Crippen LogP contribution in [0.15, 0.2) is 10.8 Å². The Morgan fingerprint density at radius 2 is 2.00 bits per heavy atom. The second kappa shape index (κ2) is 4.99. The Kier molecular flexibility index (Phi) is 3.64. The van der Waals surface area contributed by atoms with Crippen molar-refractivity contribution < 1.29 is 5.11 Å². The van der Waals surface area contributed by atoms with Crippen LogP contribution in [0, 0.1) is 0 Å². The van der Waals surface area contributed by atoms with E-state index in [4.69, 9.17) is 0 Å². The van der Waals surface area contributed by atoms with Gasteiger partial charge in [-0.15, -0.1) is 0 Å². The van der Waals surface area contributed by atoms with Crippen molar-refractivity contribution in [1.82, 2.24) is 14.7 Å². The van der Waals surface area contributed by atoms with Crippen molar-refractivity contribution in [2.24, 2.45) is 0 Å². The van der Waals surface area contributed by atoms with Crippen LogP contribution in [0.3, 0.4) is 0 Å². The Balaban J connectivity index is 1.84. The lowest BCUT2D eigenvalue weighted by Gasteiger charge is -2.26. The normalized spacial score (nSPS) is 18.2. The Morgan fingerprint density at radius 3 is 2.60 bits per heavy atom. The maximum absolute atomic E-state index is 9.33. The fraction of sp³-hybridized carbons (Fsp3) is 0.700. The van der Waals surface area contributed by atoms with E-state index in [1.54, 1.807) is 4.68 Å². The summed E-state index contributed by atoms with van der Waals surface area (Å²) in [6.45, 7) is 4.25. The van der Waals surface area contributed by atoms with Gasteiger partial charge in [0.05, 0.1) is 12.7 Å². The predicted molar refractivity (Wildman–Crippen MR) is 61.9 cm³/mol. The Morgan fingerprint density at radius 1 is 1.27 bits per heavy atom. The standard InChI is InChI=1S/C10H16BrN3O/c11-10-9(15)8-12-14(10)7-6-13-4-2-1-3-5-13/h8,15H,1-7H2. The number of nitrogens with zero attached hydrogens (tertiary/aromatic N) is 3. The third-order valence-electron chi connectivity index (χ3n) is 2.83. The van der Waals surface area contributed by atoms with Crippen molar-refractivity contribution in [3.8, 4) is 5.75 Å². The molecule has 1 aliphatic heterocycles. The van der Waals surface area contributed by atoms with Crippen LogP contribution in [0.25, 0.3) is 0 Å². The minimum absolute atomic E-state index is 0.216. The number of hydrogen-bond acceptors (Lipinski definition) is 3. The number of aromatic hydroxyl groups is 1. The largest absolute Gasteiger partial charge is 0.504 e. The molecule has 0 bridgehead atoms. The summed E-state index contributed by atoms with van der Waals surface area (Å²) in [7, 11) is 0. The van der Waals surface area contributed by atoms with Crippen molar-refractivity contribution in [2.75, 3.05) is 19.6 Å². The minimum atomic E-state index is 0.216. The van der Waals surface area contributed by atoms with E-state index in [9.17, 15) is 5.11 Å². The van der Waals surface area contributed by atoms with Crippen LogP contribution in [0.4, 0.5) is 0 Å². The van der Waals surface area contributed by atoms with Gasteiger partial charge in [-0.25, -0.2) is 0 Å². The van der Waals surface area contributed by atoms with Crippen molar-refractivity contribution in [1.29, 1.82) is 0 Å². The van der Waals surface area contributed by atoms with E-state index in [0.29, 0.717) is 4.60 Å². The quantitative estimate of drug-likeness (QED) is 0.914. The Labute approximate surface area is 98.0 Å². The highest BCUT2D eigenvalue weighted by Gasteiger charge is 2.11. The predicted octanol–water partition coefficient (Wildman–Crippen LogP) is 1.84. The summed E-state index contributed by atoms with van der Waals surface area (Å²) < 4.78 is 2.48. The van der Waals surface area contributed by atoms with E-state index in [1.807, 2.05) is 0 Å². The second-order valence-electron chi connectivity index (χ2n) is 3.95. The molecular formula is C10H16BrN3O. The first-order valence-electron chi connectivity index (χ1n) is 5.40. The molecule has 0 radical (unpaired) electrons. The lowest BCUT2D eigenvalue weighted by atomic mass is 10.1. The van der Waals surface area contributed by atoms with Gasteiger partial charge in [-0.1, -0.05) is 6.42 Å². The number of likely N-dealkylation sites (tertiary alicyclic amines) is 1. The van der Waals surface area contributed by atoms with Gasteiger partial charge in [0.15, 0.2) is 5.75 Å². The molecule has 0 amide bonds. The summed E-state index contributed by atoms with van der Waals surface area (Å²) in [6.07, 6.45) is 5.46. The molecule has 84 valence electrons. The summed E-state index contributed by atoms with van der Waals surface area (Å²) in [5, 5.41) is 13.4. The number of halogens is 1. The van der Waals surface area contributed by atoms with Crippen LogP contribution in [-0.2, 0) is 6.54 Å². The summed E-state index contributed by atoms with van der Waals surface area (Å²) in [4.78, 5) is 2.45. The third-order valence-corrected chi connectivity index (χ3v) is 3.65. The van der Waals surface area contributed by atoms with Crippen molar-refractivity contribution in [3.05, 3.63) is 10.8 Å². The Hall–Kier alpha value is -0.550. The molecule has 1 aromatic heterocycles. The molecular weight excluding hydrogens is 258 g/mol. The molecule has 5 heteroatoms. The first kappa shape index (κ1) is 11.0. The van der Waals surface area contributed by atoms with Crippen LogP contribution < -0.4 is 0 Å². The summed E-state index contributed by atoms with van der Waals surface area (Å²) >= 11 is 3.31. The van der Waals surface area contributed by atoms with E-state index in [0.717, 1.165) is 13.1 Å². The molecule has 0 aliphatic carbocycles. The molecule has 2 rings (SSSR count). The molecule has 0 spiro atoms. The fourth-order valence-corrected chi connectivity index (χ4v) is 2.31. The maximum Gasteiger partial charge on any atom is 0.168 e. The van der Waals surface area contributed by atoms with Gasteiger partial charge < -0.3 is 10.0 Å². The average molecular weight is 274 g/mol. The van der Waals surface area contributed by atoms with E-state index >= 15 is 0 Å². The molecule has 1 aromatic rings. The molecule has 1 saturated heterocycles. The van der Waals surface area contributed by atoms with Crippen LogP contribution in [-0.4, -0.2) is 39.4 Å². The summed E-state index contributed by atoms with van der Waals surface area (Å²) in [6, 6.07) is 0. The highest BCUT2D eigenvalue weighted by atomic mass is 79.9. The number of aromatic nitrogens is 2. The number of hydrogen-bond donors (Lipinski definition) is 1. The first-order chi connectivity index (χ1) is 7.27. The monoisotopic (exact) mass is 273 g/mol. The topological polar surface area (TPSA) is 41.3 Å². The SMILES string of the molecule is Oc1cnn(CCN2CCCCC2)c1Br. The maximum atomic E-state index is 9.33. The molecule has 1 aliphatic rings. The van der Waals surface area contributed by atoms with E-state index in [1.165, 1.54) is 38.5 Å². The highest BCUT2D eigenvalue weighted by Crippen LogP contribution is 2.22. The van der Waals surface area contributed by atoms with E-state index in [2.05, 4.69) is 25.9 Å². The third kappa shape index (κ3) is 2.72. The van der Waals surface area contributed by atoms with Gasteiger partial charge in [-0.3, -0.25) is 4.68 Å². The number of rotatable bonds is 3. The van der Waals surface area contributed by atoms with Crippen LogP contribution >= 0.6 is 15.9 Å². The molecule has 4 nitrogen and oxygen atoms in total. The zero-order chi connectivity index (χ0) is 10.7. The van der Waals surface area contributed by atoms with Gasteiger partial charge in [0.2, 0.25) is 0 Å². The minimum Gasteiger partial charge on any atom is -0.504 e. The zero-order valence-corrected chi connectivity index (χ0v) is 10.3. The van der Waals surface area contributed by atoms with Crippen LogP contribution in [0.1, 0.15) is 19.3 Å². The highest BCUT2D eigenvalue weighted by molar-refractivity contribution is 9.10. The lowest BCUT2D eigenvalue weighted by molar-refractivity contribution is 0.217. The van der Waals surface area contributed by atoms with Gasteiger partial charge in [0.1, 0.15) is 4.60 Å². The average Bonchev–Trinajstić information content (AvgIpc) is 2.59. The van der Waals surface area contributed by atoms with E-state index < -0.39 is 0 Å². The Bertz CT molecular complexity index is 320. The fourth-order valence-electron chi connectivity index (χ4n) is 1.94. The molecule has 2 heterocycles. The van der Waals surface area contributed by atoms with Gasteiger partial charge in [0.25, 0.3) is 0 Å². The molecule has 0 saturated carbocycles. The number of piperidine rings is 1. The van der Waals surface area contributed by atoms with Gasteiger partial charge in [0, 0.05) is 6.54 Å². The van der Waals surface area contributed by atoms with Crippen LogP contribution in [0.2, 0.25) is 0 Å². The second-order valence-corrected chi connectivity index (χ2v) is 4.70. The first-order valence-corrected chi connectivity index (χ1v) is 6.19. The van der Waals surface area contributed by atoms with Crippen molar-refractivity contribution >= 4 is 15.9 Å². The van der Waals surface area contributed by atoms with Crippen molar-refractivity contribution in [3.63, 3.8) is 0 Å². The molecule has 1 N–H and O–H groups in total. The van der Waals surface area contributed by atoms with Crippen LogP contribution in [0.5, 0.6) is 5.75 Å². The molecule has 1 fully saturated rings. The lowest BCUT2D eigenvalue weighted by Crippen LogP contribution is -2.32. The molecule has 0 unspecified atom stereocenters. The van der Waals surface area contributed by atoms with Gasteiger partial charge in [-0.2, -0.15) is 5.10 Å². The smallest absolute Gasteiger partial charge is 0.168 e. The van der Waals surface area contributed by atoms with Gasteiger partial charge in [-0.05, 0) is 41.9 Å². The van der Waals surface area contributed by atoms with Crippen molar-refractivity contribution in [2.45, 2.75) is 25.8 Å². The summed E-state index contributed by atoms with van der Waals surface area (Å²) in [5.41, 5.74) is 0. The molecule has 15 heavy (non-hydrogen) atoms. The van der Waals surface area contributed by atoms with Gasteiger partial charge >= 0.3 is 0 Å². The zero-order valence-electron chi connectivity index (χ0n) is 8.69. The molecule has 0 atom stereocenters.